The Kier molecular flexibility index (Phi) is 3.65. The molecule has 0 bridgehead atoms. The molecule has 0 atom stereocenters. The first-order chi connectivity index (χ1) is 10.6. The Hall–Kier alpha value is -3.02. The second-order valence-corrected chi connectivity index (χ2v) is 4.90. The van der Waals surface area contributed by atoms with Crippen LogP contribution in [0.3, 0.4) is 0 Å². The van der Waals surface area contributed by atoms with E-state index in [1.165, 1.54) is 0 Å². The number of nitrogens with one attached hydrogen (secondary N) is 1. The number of hydrogen-bond donors (Lipinski definition) is 1. The lowest BCUT2D eigenvalue weighted by Crippen LogP contribution is -2.12. The van der Waals surface area contributed by atoms with Gasteiger partial charge < -0.3 is 9.84 Å². The largest absolute Gasteiger partial charge is 0.334 e. The first-order valence-corrected chi connectivity index (χ1v) is 6.76. The lowest BCUT2D eigenvalue weighted by molar-refractivity contribution is 0.102. The average Bonchev–Trinajstić information content (AvgIpc) is 2.94. The van der Waals surface area contributed by atoms with E-state index in [0.717, 1.165) is 11.1 Å². The number of anilines is 1. The van der Waals surface area contributed by atoms with Gasteiger partial charge in [0.25, 0.3) is 11.8 Å². The van der Waals surface area contributed by atoms with Crippen molar-refractivity contribution in [3.8, 4) is 11.5 Å². The second-order valence-electron chi connectivity index (χ2n) is 4.90. The third-order valence-electron chi connectivity index (χ3n) is 3.08. The highest BCUT2D eigenvalue weighted by molar-refractivity contribution is 6.03. The summed E-state index contributed by atoms with van der Waals surface area (Å²) in [5, 5.41) is 6.50. The van der Waals surface area contributed by atoms with E-state index in [9.17, 15) is 4.79 Å². The molecular formula is C16H14N4O2. The van der Waals surface area contributed by atoms with Crippen molar-refractivity contribution in [3.05, 3.63) is 59.5 Å². The van der Waals surface area contributed by atoms with Crippen LogP contribution in [-0.4, -0.2) is 21.0 Å². The smallest absolute Gasteiger partial charge is 0.257 e. The number of amides is 1. The van der Waals surface area contributed by atoms with Gasteiger partial charge in [0.1, 0.15) is 5.82 Å². The minimum atomic E-state index is -0.216. The molecule has 6 nitrogen and oxygen atoms in total. The number of carbonyl (C=O) groups is 1. The van der Waals surface area contributed by atoms with Crippen LogP contribution >= 0.6 is 0 Å². The number of hydrogen-bond acceptors (Lipinski definition) is 5. The summed E-state index contributed by atoms with van der Waals surface area (Å²) in [7, 11) is 0. The molecular weight excluding hydrogens is 280 g/mol. The van der Waals surface area contributed by atoms with Crippen LogP contribution in [0.1, 0.15) is 21.7 Å². The van der Waals surface area contributed by atoms with Gasteiger partial charge in [0, 0.05) is 17.3 Å². The van der Waals surface area contributed by atoms with Crippen LogP contribution in [0.25, 0.3) is 11.5 Å². The van der Waals surface area contributed by atoms with Crippen LogP contribution in [0.4, 0.5) is 5.82 Å². The van der Waals surface area contributed by atoms with Gasteiger partial charge in [-0.1, -0.05) is 5.16 Å². The highest BCUT2D eigenvalue weighted by Crippen LogP contribution is 2.18. The van der Waals surface area contributed by atoms with Crippen molar-refractivity contribution in [2.75, 3.05) is 5.32 Å². The molecule has 0 spiro atoms. The second kappa shape index (κ2) is 5.77. The molecule has 0 radical (unpaired) electrons. The fourth-order valence-corrected chi connectivity index (χ4v) is 1.97. The fourth-order valence-electron chi connectivity index (χ4n) is 1.97. The summed E-state index contributed by atoms with van der Waals surface area (Å²) in [5.41, 5.74) is 2.33. The Balaban J connectivity index is 1.76. The molecule has 2 heterocycles. The van der Waals surface area contributed by atoms with Gasteiger partial charge in [-0.2, -0.15) is 4.98 Å². The van der Waals surface area contributed by atoms with Crippen LogP contribution in [-0.2, 0) is 0 Å². The summed E-state index contributed by atoms with van der Waals surface area (Å²) >= 11 is 0. The molecule has 110 valence electrons. The number of carbonyl (C=O) groups excluding carboxylic acids is 1. The topological polar surface area (TPSA) is 80.9 Å². The van der Waals surface area contributed by atoms with Crippen molar-refractivity contribution in [2.45, 2.75) is 13.8 Å². The summed E-state index contributed by atoms with van der Waals surface area (Å²) < 4.78 is 5.09. The van der Waals surface area contributed by atoms with Crippen molar-refractivity contribution < 1.29 is 9.32 Å². The van der Waals surface area contributed by atoms with Gasteiger partial charge in [0.15, 0.2) is 5.82 Å². The Bertz CT molecular complexity index is 809. The molecule has 3 aromatic rings. The van der Waals surface area contributed by atoms with E-state index in [-0.39, 0.29) is 5.91 Å². The van der Waals surface area contributed by atoms with Gasteiger partial charge in [0.2, 0.25) is 0 Å². The molecule has 1 aromatic carbocycles. The summed E-state index contributed by atoms with van der Waals surface area (Å²) in [5.74, 6) is 1.32. The van der Waals surface area contributed by atoms with Crippen LogP contribution in [0.2, 0.25) is 0 Å². The van der Waals surface area contributed by atoms with Crippen LogP contribution in [0, 0.1) is 13.8 Å². The van der Waals surface area contributed by atoms with Crippen LogP contribution in [0.5, 0.6) is 0 Å². The van der Waals surface area contributed by atoms with E-state index >= 15 is 0 Å². The van der Waals surface area contributed by atoms with Gasteiger partial charge in [-0.15, -0.1) is 0 Å². The molecule has 0 aliphatic carbocycles. The quantitative estimate of drug-likeness (QED) is 0.803. The molecule has 0 saturated heterocycles. The summed E-state index contributed by atoms with van der Waals surface area (Å²) in [6, 6.07) is 10.6. The van der Waals surface area contributed by atoms with Gasteiger partial charge >= 0.3 is 0 Å². The Morgan fingerprint density at radius 3 is 2.55 bits per heavy atom. The Labute approximate surface area is 127 Å². The van der Waals surface area contributed by atoms with Gasteiger partial charge in [-0.3, -0.25) is 4.79 Å². The first-order valence-electron chi connectivity index (χ1n) is 6.76. The molecule has 0 fully saturated rings. The summed E-state index contributed by atoms with van der Waals surface area (Å²) in [6.45, 7) is 3.70. The third kappa shape index (κ3) is 3.01. The highest BCUT2D eigenvalue weighted by atomic mass is 16.5. The monoisotopic (exact) mass is 294 g/mol. The predicted molar refractivity (Wildman–Crippen MR) is 81.4 cm³/mol. The minimum absolute atomic E-state index is 0.216. The molecule has 0 unspecified atom stereocenters. The lowest BCUT2D eigenvalue weighted by Gasteiger charge is -2.05. The van der Waals surface area contributed by atoms with E-state index in [0.29, 0.717) is 23.1 Å². The zero-order chi connectivity index (χ0) is 15.5. The number of aromatic nitrogens is 3. The van der Waals surface area contributed by atoms with Crippen molar-refractivity contribution in [1.82, 2.24) is 15.1 Å². The van der Waals surface area contributed by atoms with Crippen LogP contribution in [0.15, 0.2) is 47.1 Å². The molecule has 0 aliphatic heterocycles. The fraction of sp³-hybridized carbons (Fsp3) is 0.125. The average molecular weight is 294 g/mol. The van der Waals surface area contributed by atoms with Gasteiger partial charge in [0.05, 0.1) is 0 Å². The van der Waals surface area contributed by atoms with Gasteiger partial charge in [-0.25, -0.2) is 4.98 Å². The Morgan fingerprint density at radius 1 is 1.14 bits per heavy atom. The van der Waals surface area contributed by atoms with Crippen molar-refractivity contribution in [2.24, 2.45) is 0 Å². The van der Waals surface area contributed by atoms with Crippen molar-refractivity contribution >= 4 is 11.7 Å². The molecule has 6 heteroatoms. The number of aryl methyl sites for hydroxylation is 2. The molecule has 1 amide bonds. The molecule has 1 N–H and O–H groups in total. The zero-order valence-electron chi connectivity index (χ0n) is 12.2. The van der Waals surface area contributed by atoms with E-state index < -0.39 is 0 Å². The van der Waals surface area contributed by atoms with Crippen molar-refractivity contribution in [1.29, 1.82) is 0 Å². The molecule has 0 saturated carbocycles. The summed E-state index contributed by atoms with van der Waals surface area (Å²) in [4.78, 5) is 20.4. The van der Waals surface area contributed by atoms with E-state index in [4.69, 9.17) is 4.52 Å². The third-order valence-corrected chi connectivity index (χ3v) is 3.08. The molecule has 3 rings (SSSR count). The van der Waals surface area contributed by atoms with Crippen molar-refractivity contribution in [3.63, 3.8) is 0 Å². The molecule has 0 aliphatic rings. The number of nitrogens with zero attached hydrogens (tertiary/aromatic N) is 3. The maximum absolute atomic E-state index is 12.2. The predicted octanol–water partition coefficient (Wildman–Crippen LogP) is 3.00. The molecule has 22 heavy (non-hydrogen) atoms. The number of pyridine rings is 1. The van der Waals surface area contributed by atoms with E-state index in [2.05, 4.69) is 20.4 Å². The first kappa shape index (κ1) is 13.9. The zero-order valence-corrected chi connectivity index (χ0v) is 12.2. The highest BCUT2D eigenvalue weighted by Gasteiger charge is 2.10. The minimum Gasteiger partial charge on any atom is -0.334 e. The Morgan fingerprint density at radius 2 is 1.91 bits per heavy atom. The van der Waals surface area contributed by atoms with Crippen LogP contribution < -0.4 is 5.32 Å². The van der Waals surface area contributed by atoms with E-state index in [1.54, 1.807) is 37.4 Å². The maximum Gasteiger partial charge on any atom is 0.257 e. The number of rotatable bonds is 3. The van der Waals surface area contributed by atoms with E-state index in [1.807, 2.05) is 19.1 Å². The lowest BCUT2D eigenvalue weighted by atomic mass is 10.1. The molecule has 2 aromatic heterocycles. The normalized spacial score (nSPS) is 10.5. The van der Waals surface area contributed by atoms with Gasteiger partial charge in [-0.05, 0) is 55.8 Å². The standard InChI is InChI=1S/C16H14N4O2/c1-10-7-8-17-14(9-10)19-15(21)12-3-5-13(6-4-12)16-18-11(2)20-22-16/h3-9H,1-2H3,(H,17,19,21). The summed E-state index contributed by atoms with van der Waals surface area (Å²) in [6.07, 6.45) is 1.66. The number of benzene rings is 1. The maximum atomic E-state index is 12.2. The SMILES string of the molecule is Cc1ccnc(NC(=O)c2ccc(-c3nc(C)no3)cc2)c1.